The van der Waals surface area contributed by atoms with Crippen molar-refractivity contribution in [2.24, 2.45) is 11.3 Å². The molecular weight excluding hydrogens is 370 g/mol. The Kier molecular flexibility index (Phi) is 5.41. The molecule has 2 saturated heterocycles. The summed E-state index contributed by atoms with van der Waals surface area (Å²) in [7, 11) is 0. The highest BCUT2D eigenvalue weighted by molar-refractivity contribution is 5.94. The van der Waals surface area contributed by atoms with Crippen molar-refractivity contribution >= 4 is 17.3 Å². The highest BCUT2D eigenvalue weighted by atomic mass is 16.2. The Balaban J connectivity index is 1.15. The lowest BCUT2D eigenvalue weighted by Crippen LogP contribution is -2.39. The Bertz CT molecular complexity index is 867. The van der Waals surface area contributed by atoms with E-state index in [0.717, 1.165) is 44.0 Å². The number of rotatable bonds is 5. The smallest absolute Gasteiger partial charge is 0.253 e. The molecule has 5 rings (SSSR count). The van der Waals surface area contributed by atoms with Crippen molar-refractivity contribution in [2.45, 2.75) is 38.5 Å². The topological polar surface area (TPSA) is 35.6 Å². The number of hydrogen-bond donors (Lipinski definition) is 1. The van der Waals surface area contributed by atoms with Crippen LogP contribution in [0.2, 0.25) is 0 Å². The highest BCUT2D eigenvalue weighted by Crippen LogP contribution is 2.59. The fraction of sp³-hybridized carbons (Fsp3) is 0.500. The van der Waals surface area contributed by atoms with E-state index < -0.39 is 0 Å². The Morgan fingerprint density at radius 2 is 1.60 bits per heavy atom. The molecule has 1 spiro atoms. The first-order chi connectivity index (χ1) is 14.8. The molecule has 4 nitrogen and oxygen atoms in total. The van der Waals surface area contributed by atoms with E-state index in [2.05, 4.69) is 39.4 Å². The van der Waals surface area contributed by atoms with E-state index >= 15 is 0 Å². The molecular formula is C26H33N3O. The standard InChI is InChI=1S/C26H33N3O/c30-25(21-9-3-1-4-10-21)29-17-13-26(14-18-29)19-22(26)20-27-23-11-5-6-12-24(23)28-15-7-2-8-16-28/h1,3-6,9-12,22,27H,2,7-8,13-20H2. The summed E-state index contributed by atoms with van der Waals surface area (Å²) in [5.74, 6) is 0.928. The van der Waals surface area contributed by atoms with Gasteiger partial charge >= 0.3 is 0 Å². The van der Waals surface area contributed by atoms with E-state index in [0.29, 0.717) is 5.41 Å². The van der Waals surface area contributed by atoms with Crippen LogP contribution in [0.4, 0.5) is 11.4 Å². The summed E-state index contributed by atoms with van der Waals surface area (Å²) in [5.41, 5.74) is 3.94. The van der Waals surface area contributed by atoms with E-state index in [4.69, 9.17) is 0 Å². The zero-order valence-electron chi connectivity index (χ0n) is 17.9. The van der Waals surface area contributed by atoms with Crippen LogP contribution in [-0.2, 0) is 0 Å². The maximum absolute atomic E-state index is 12.7. The number of likely N-dealkylation sites (tertiary alicyclic amines) is 1. The zero-order chi connectivity index (χ0) is 20.4. The first-order valence-electron chi connectivity index (χ1n) is 11.7. The molecule has 0 aromatic heterocycles. The van der Waals surface area contributed by atoms with Crippen LogP contribution in [0.1, 0.15) is 48.9 Å². The van der Waals surface area contributed by atoms with Crippen LogP contribution in [0.15, 0.2) is 54.6 Å². The lowest BCUT2D eigenvalue weighted by Gasteiger charge is -2.33. The first-order valence-corrected chi connectivity index (χ1v) is 11.7. The maximum atomic E-state index is 12.7. The van der Waals surface area contributed by atoms with Gasteiger partial charge in [-0.2, -0.15) is 0 Å². The monoisotopic (exact) mass is 403 g/mol. The van der Waals surface area contributed by atoms with E-state index in [-0.39, 0.29) is 5.91 Å². The van der Waals surface area contributed by atoms with Crippen molar-refractivity contribution < 1.29 is 4.79 Å². The quantitative estimate of drug-likeness (QED) is 0.760. The Labute approximate surface area is 180 Å². The van der Waals surface area contributed by atoms with Crippen molar-refractivity contribution in [1.82, 2.24) is 4.90 Å². The summed E-state index contributed by atoms with van der Waals surface area (Å²) in [6, 6.07) is 18.5. The third kappa shape index (κ3) is 3.92. The Hall–Kier alpha value is -2.49. The minimum Gasteiger partial charge on any atom is -0.383 e. The van der Waals surface area contributed by atoms with Gasteiger partial charge in [0.15, 0.2) is 0 Å². The van der Waals surface area contributed by atoms with Gasteiger partial charge in [0.1, 0.15) is 0 Å². The molecule has 2 heterocycles. The third-order valence-electron chi connectivity index (χ3n) is 7.57. The zero-order valence-corrected chi connectivity index (χ0v) is 17.9. The third-order valence-corrected chi connectivity index (χ3v) is 7.57. The molecule has 3 fully saturated rings. The molecule has 1 unspecified atom stereocenters. The van der Waals surface area contributed by atoms with Crippen LogP contribution in [-0.4, -0.2) is 43.5 Å². The van der Waals surface area contributed by atoms with Crippen LogP contribution in [0.25, 0.3) is 0 Å². The van der Waals surface area contributed by atoms with Gasteiger partial charge in [0, 0.05) is 38.3 Å². The predicted molar refractivity (Wildman–Crippen MR) is 123 cm³/mol. The lowest BCUT2D eigenvalue weighted by atomic mass is 9.90. The molecule has 3 aliphatic rings. The van der Waals surface area contributed by atoms with Crippen molar-refractivity contribution in [3.8, 4) is 0 Å². The number of carbonyl (C=O) groups is 1. The minimum absolute atomic E-state index is 0.191. The van der Waals surface area contributed by atoms with Crippen LogP contribution < -0.4 is 10.2 Å². The molecule has 158 valence electrons. The van der Waals surface area contributed by atoms with Gasteiger partial charge < -0.3 is 15.1 Å². The van der Waals surface area contributed by atoms with Crippen LogP contribution in [0.3, 0.4) is 0 Å². The van der Waals surface area contributed by atoms with Gasteiger partial charge in [-0.15, -0.1) is 0 Å². The Morgan fingerprint density at radius 1 is 0.900 bits per heavy atom. The molecule has 2 aromatic rings. The molecule has 0 radical (unpaired) electrons. The highest BCUT2D eigenvalue weighted by Gasteiger charge is 2.54. The molecule has 1 aliphatic carbocycles. The number of anilines is 2. The molecule has 1 saturated carbocycles. The molecule has 2 aliphatic heterocycles. The Morgan fingerprint density at radius 3 is 2.37 bits per heavy atom. The van der Waals surface area contributed by atoms with Crippen LogP contribution in [0, 0.1) is 11.3 Å². The average Bonchev–Trinajstić information content (AvgIpc) is 3.50. The van der Waals surface area contributed by atoms with E-state index in [9.17, 15) is 4.79 Å². The van der Waals surface area contributed by atoms with Crippen molar-refractivity contribution in [2.75, 3.05) is 42.9 Å². The fourth-order valence-electron chi connectivity index (χ4n) is 5.52. The number of amides is 1. The SMILES string of the molecule is O=C(c1ccccc1)N1CCC2(CC1)CC2CNc1ccccc1N1CCCCC1. The molecule has 30 heavy (non-hydrogen) atoms. The summed E-state index contributed by atoms with van der Waals surface area (Å²) >= 11 is 0. The summed E-state index contributed by atoms with van der Waals surface area (Å²) in [5, 5.41) is 3.78. The number of piperidine rings is 2. The molecule has 2 aromatic carbocycles. The number of nitrogens with zero attached hydrogens (tertiary/aromatic N) is 2. The maximum Gasteiger partial charge on any atom is 0.253 e. The van der Waals surface area contributed by atoms with E-state index in [1.807, 2.05) is 30.3 Å². The molecule has 1 amide bonds. The van der Waals surface area contributed by atoms with Crippen LogP contribution >= 0.6 is 0 Å². The van der Waals surface area contributed by atoms with Gasteiger partial charge in [-0.25, -0.2) is 0 Å². The summed E-state index contributed by atoms with van der Waals surface area (Å²) in [6.07, 6.45) is 7.56. The van der Waals surface area contributed by atoms with Gasteiger partial charge in [0.05, 0.1) is 11.4 Å². The van der Waals surface area contributed by atoms with Gasteiger partial charge in [0.2, 0.25) is 0 Å². The number of hydrogen-bond acceptors (Lipinski definition) is 3. The summed E-state index contributed by atoms with van der Waals surface area (Å²) in [6.45, 7) is 5.20. The number of para-hydroxylation sites is 2. The molecule has 1 atom stereocenters. The molecule has 4 heteroatoms. The van der Waals surface area contributed by atoms with Crippen LogP contribution in [0.5, 0.6) is 0 Å². The van der Waals surface area contributed by atoms with Gasteiger partial charge in [0.25, 0.3) is 5.91 Å². The van der Waals surface area contributed by atoms with Gasteiger partial charge in [-0.3, -0.25) is 4.79 Å². The summed E-state index contributed by atoms with van der Waals surface area (Å²) in [4.78, 5) is 17.3. The normalized spacial score (nSPS) is 22.7. The minimum atomic E-state index is 0.191. The second-order valence-corrected chi connectivity index (χ2v) is 9.37. The fourth-order valence-corrected chi connectivity index (χ4v) is 5.52. The average molecular weight is 404 g/mol. The predicted octanol–water partition coefficient (Wildman–Crippen LogP) is 5.03. The second-order valence-electron chi connectivity index (χ2n) is 9.37. The largest absolute Gasteiger partial charge is 0.383 e. The number of nitrogens with one attached hydrogen (secondary N) is 1. The van der Waals surface area contributed by atoms with Crippen molar-refractivity contribution in [3.63, 3.8) is 0 Å². The first kappa shape index (κ1) is 19.5. The van der Waals surface area contributed by atoms with E-state index in [1.54, 1.807) is 0 Å². The van der Waals surface area contributed by atoms with Gasteiger partial charge in [-0.05, 0) is 74.1 Å². The van der Waals surface area contributed by atoms with Crippen molar-refractivity contribution in [1.29, 1.82) is 0 Å². The summed E-state index contributed by atoms with van der Waals surface area (Å²) < 4.78 is 0. The molecule has 1 N–H and O–H groups in total. The number of benzene rings is 2. The number of carbonyl (C=O) groups excluding carboxylic acids is 1. The van der Waals surface area contributed by atoms with Gasteiger partial charge in [-0.1, -0.05) is 30.3 Å². The lowest BCUT2D eigenvalue weighted by molar-refractivity contribution is 0.0670. The van der Waals surface area contributed by atoms with Crippen molar-refractivity contribution in [3.05, 3.63) is 60.2 Å². The molecule has 0 bridgehead atoms. The van der Waals surface area contributed by atoms with E-state index in [1.165, 1.54) is 50.1 Å². The second kappa shape index (κ2) is 8.33.